The van der Waals surface area contributed by atoms with Crippen molar-refractivity contribution in [3.63, 3.8) is 0 Å². The summed E-state index contributed by atoms with van der Waals surface area (Å²) in [5, 5.41) is 0.364. The van der Waals surface area contributed by atoms with Gasteiger partial charge in [-0.2, -0.15) is 0 Å². The Morgan fingerprint density at radius 1 is 1.14 bits per heavy atom. The predicted octanol–water partition coefficient (Wildman–Crippen LogP) is 3.16. The number of rotatable bonds is 4. The maximum atomic E-state index is 12.8. The van der Waals surface area contributed by atoms with Gasteiger partial charge in [0.05, 0.1) is 16.1 Å². The van der Waals surface area contributed by atoms with Crippen molar-refractivity contribution in [2.75, 3.05) is 24.3 Å². The monoisotopic (exact) mass is 419 g/mol. The highest BCUT2D eigenvalue weighted by Crippen LogP contribution is 2.37. The molecule has 0 aromatic heterocycles. The second-order valence-corrected chi connectivity index (χ2v) is 10.0. The second-order valence-electron chi connectivity index (χ2n) is 6.57. The van der Waals surface area contributed by atoms with Gasteiger partial charge in [-0.05, 0) is 30.7 Å². The highest BCUT2D eigenvalue weighted by Gasteiger charge is 2.26. The van der Waals surface area contributed by atoms with Gasteiger partial charge in [-0.25, -0.2) is 13.2 Å². The highest BCUT2D eigenvalue weighted by molar-refractivity contribution is 8.00. The maximum Gasteiger partial charge on any atom is 0.339 e. The number of ether oxygens (including phenoxy) is 1. The van der Waals surface area contributed by atoms with Crippen LogP contribution in [-0.2, 0) is 19.4 Å². The number of para-hydroxylation sites is 1. The van der Waals surface area contributed by atoms with Gasteiger partial charge in [0.25, 0.3) is 5.91 Å². The van der Waals surface area contributed by atoms with Crippen LogP contribution < -0.4 is 4.90 Å². The van der Waals surface area contributed by atoms with Gasteiger partial charge in [0.1, 0.15) is 0 Å². The van der Waals surface area contributed by atoms with E-state index in [0.29, 0.717) is 11.8 Å². The molecule has 6 nitrogen and oxygen atoms in total. The van der Waals surface area contributed by atoms with Crippen LogP contribution in [0.15, 0.2) is 58.3 Å². The minimum atomic E-state index is -3.59. The summed E-state index contributed by atoms with van der Waals surface area (Å²) in [6, 6.07) is 13.4. The fourth-order valence-corrected chi connectivity index (χ4v) is 4.98. The van der Waals surface area contributed by atoms with E-state index < -0.39 is 22.4 Å². The molecule has 0 N–H and O–H groups in total. The molecule has 0 fully saturated rings. The molecule has 1 aliphatic heterocycles. The van der Waals surface area contributed by atoms with E-state index in [-0.39, 0.29) is 16.4 Å². The van der Waals surface area contributed by atoms with E-state index in [1.165, 1.54) is 18.2 Å². The molecule has 2 aromatic rings. The van der Waals surface area contributed by atoms with Crippen LogP contribution in [0.3, 0.4) is 0 Å². The average molecular weight is 420 g/mol. The number of hydrogen-bond acceptors (Lipinski definition) is 6. The molecule has 1 aliphatic rings. The number of thioether (sulfide) groups is 1. The quantitative estimate of drug-likeness (QED) is 0.708. The predicted molar refractivity (Wildman–Crippen MR) is 109 cm³/mol. The second kappa shape index (κ2) is 8.36. The molecule has 0 saturated heterocycles. The Labute approximate surface area is 168 Å². The van der Waals surface area contributed by atoms with Crippen LogP contribution in [0.5, 0.6) is 0 Å². The van der Waals surface area contributed by atoms with Crippen LogP contribution in [0.25, 0.3) is 0 Å². The maximum absolute atomic E-state index is 12.8. The SMILES string of the molecule is C[C@H]1CCN(C(=O)COC(=O)c2ccccc2S(C)(=O)=O)c2ccccc2S1. The number of anilines is 1. The van der Waals surface area contributed by atoms with Crippen LogP contribution in [0.4, 0.5) is 5.69 Å². The third-order valence-electron chi connectivity index (χ3n) is 4.38. The summed E-state index contributed by atoms with van der Waals surface area (Å²) in [4.78, 5) is 27.7. The molecule has 0 unspecified atom stereocenters. The van der Waals surface area contributed by atoms with Gasteiger partial charge in [0.15, 0.2) is 16.4 Å². The summed E-state index contributed by atoms with van der Waals surface area (Å²) < 4.78 is 28.9. The fraction of sp³-hybridized carbons (Fsp3) is 0.300. The molecular weight excluding hydrogens is 398 g/mol. The van der Waals surface area contributed by atoms with Crippen molar-refractivity contribution in [1.29, 1.82) is 0 Å². The zero-order chi connectivity index (χ0) is 20.3. The van der Waals surface area contributed by atoms with E-state index in [2.05, 4.69) is 6.92 Å². The smallest absolute Gasteiger partial charge is 0.339 e. The molecular formula is C20H21NO5S2. The number of carbonyl (C=O) groups excluding carboxylic acids is 2. The summed E-state index contributed by atoms with van der Waals surface area (Å²) in [5.74, 6) is -1.17. The van der Waals surface area contributed by atoms with E-state index in [1.807, 2.05) is 24.3 Å². The Kier molecular flexibility index (Phi) is 6.10. The minimum absolute atomic E-state index is 0.0711. The standard InChI is InChI=1S/C20H21NO5S2/c1-14-11-12-21(16-8-4-5-9-17(16)27-14)19(22)13-26-20(23)15-7-3-6-10-18(15)28(2,24)25/h3-10,14H,11-13H2,1-2H3/t14-/m0/s1. The topological polar surface area (TPSA) is 80.8 Å². The summed E-state index contributed by atoms with van der Waals surface area (Å²) in [5.41, 5.74) is 0.729. The highest BCUT2D eigenvalue weighted by atomic mass is 32.2. The van der Waals surface area contributed by atoms with Gasteiger partial charge in [-0.15, -0.1) is 11.8 Å². The van der Waals surface area contributed by atoms with E-state index >= 15 is 0 Å². The summed E-state index contributed by atoms with van der Waals surface area (Å²) in [6.07, 6.45) is 1.84. The minimum Gasteiger partial charge on any atom is -0.452 e. The first-order chi connectivity index (χ1) is 13.3. The number of benzene rings is 2. The Hall–Kier alpha value is -2.32. The lowest BCUT2D eigenvalue weighted by Crippen LogP contribution is -2.36. The average Bonchev–Trinajstić information content (AvgIpc) is 2.83. The van der Waals surface area contributed by atoms with Crippen molar-refractivity contribution >= 4 is 39.2 Å². The first-order valence-electron chi connectivity index (χ1n) is 8.79. The Balaban J connectivity index is 1.76. The lowest BCUT2D eigenvalue weighted by atomic mass is 10.2. The van der Waals surface area contributed by atoms with Gasteiger partial charge >= 0.3 is 5.97 Å². The Bertz CT molecular complexity index is 1000. The third-order valence-corrected chi connectivity index (χ3v) is 6.77. The number of amides is 1. The molecule has 3 rings (SSSR count). The number of hydrogen-bond donors (Lipinski definition) is 0. The van der Waals surface area contributed by atoms with E-state index in [1.54, 1.807) is 22.7 Å². The van der Waals surface area contributed by atoms with Crippen molar-refractivity contribution < 1.29 is 22.7 Å². The van der Waals surface area contributed by atoms with Crippen molar-refractivity contribution in [3.8, 4) is 0 Å². The van der Waals surface area contributed by atoms with Crippen molar-refractivity contribution in [3.05, 3.63) is 54.1 Å². The number of fused-ring (bicyclic) bond motifs is 1. The van der Waals surface area contributed by atoms with Gasteiger partial charge < -0.3 is 9.64 Å². The largest absolute Gasteiger partial charge is 0.452 e. The number of nitrogens with zero attached hydrogens (tertiary/aromatic N) is 1. The number of esters is 1. The molecule has 0 aliphatic carbocycles. The summed E-state index contributed by atoms with van der Waals surface area (Å²) >= 11 is 1.71. The molecule has 2 aromatic carbocycles. The van der Waals surface area contributed by atoms with Gasteiger partial charge in [0.2, 0.25) is 0 Å². The molecule has 1 heterocycles. The molecule has 28 heavy (non-hydrogen) atoms. The van der Waals surface area contributed by atoms with E-state index in [4.69, 9.17) is 4.74 Å². The fourth-order valence-electron chi connectivity index (χ4n) is 2.99. The van der Waals surface area contributed by atoms with Crippen LogP contribution in [0, 0.1) is 0 Å². The first-order valence-corrected chi connectivity index (χ1v) is 11.6. The summed E-state index contributed by atoms with van der Waals surface area (Å²) in [7, 11) is -3.59. The molecule has 148 valence electrons. The Morgan fingerprint density at radius 3 is 2.57 bits per heavy atom. The van der Waals surface area contributed by atoms with E-state index in [9.17, 15) is 18.0 Å². The lowest BCUT2D eigenvalue weighted by Gasteiger charge is -2.22. The molecule has 0 spiro atoms. The molecule has 8 heteroatoms. The van der Waals surface area contributed by atoms with Crippen LogP contribution >= 0.6 is 11.8 Å². The zero-order valence-corrected chi connectivity index (χ0v) is 17.3. The third kappa shape index (κ3) is 4.56. The van der Waals surface area contributed by atoms with Gasteiger partial charge in [-0.1, -0.05) is 31.2 Å². The molecule has 1 atom stereocenters. The number of carbonyl (C=O) groups is 2. The summed E-state index contributed by atoms with van der Waals surface area (Å²) in [6.45, 7) is 2.18. The number of sulfone groups is 1. The van der Waals surface area contributed by atoms with Crippen molar-refractivity contribution in [2.24, 2.45) is 0 Å². The normalized spacial score (nSPS) is 16.8. The van der Waals surface area contributed by atoms with Crippen LogP contribution in [-0.4, -0.2) is 45.0 Å². The van der Waals surface area contributed by atoms with Crippen LogP contribution in [0.2, 0.25) is 0 Å². The molecule has 0 radical (unpaired) electrons. The molecule has 1 amide bonds. The van der Waals surface area contributed by atoms with Gasteiger partial charge in [-0.3, -0.25) is 4.79 Å². The Morgan fingerprint density at radius 2 is 1.82 bits per heavy atom. The first kappa shape index (κ1) is 20.4. The van der Waals surface area contributed by atoms with Gasteiger partial charge in [0, 0.05) is 22.9 Å². The van der Waals surface area contributed by atoms with Crippen LogP contribution in [0.1, 0.15) is 23.7 Å². The molecule has 0 saturated carbocycles. The van der Waals surface area contributed by atoms with Crippen molar-refractivity contribution in [1.82, 2.24) is 0 Å². The zero-order valence-electron chi connectivity index (χ0n) is 15.6. The lowest BCUT2D eigenvalue weighted by molar-refractivity contribution is -0.121. The van der Waals surface area contributed by atoms with E-state index in [0.717, 1.165) is 23.3 Å². The molecule has 0 bridgehead atoms. The van der Waals surface area contributed by atoms with Crippen molar-refractivity contribution in [2.45, 2.75) is 28.4 Å².